The second kappa shape index (κ2) is 10.9. The number of benzene rings is 1. The Morgan fingerprint density at radius 3 is 2.74 bits per heavy atom. The number of hydrogen-bond donors (Lipinski definition) is 0. The maximum atomic E-state index is 14.5. The molecule has 8 nitrogen and oxygen atoms in total. The maximum Gasteiger partial charge on any atom is 0.315 e. The van der Waals surface area contributed by atoms with E-state index in [2.05, 4.69) is 15.0 Å². The van der Waals surface area contributed by atoms with Crippen LogP contribution in [0.2, 0.25) is 0 Å². The van der Waals surface area contributed by atoms with Gasteiger partial charge in [-0.1, -0.05) is 6.07 Å². The van der Waals surface area contributed by atoms with Crippen molar-refractivity contribution in [3.8, 4) is 17.1 Å². The molecule has 1 amide bonds. The Morgan fingerprint density at radius 1 is 1.26 bits per heavy atom. The number of halogens is 3. The molecule has 1 aromatic carbocycles. The van der Waals surface area contributed by atoms with Crippen LogP contribution in [-0.4, -0.2) is 78.7 Å². The number of anilines is 1. The number of aromatic nitrogens is 3. The smallest absolute Gasteiger partial charge is 0.315 e. The van der Waals surface area contributed by atoms with Gasteiger partial charge in [-0.2, -0.15) is 22.3 Å². The molecule has 1 fully saturated rings. The molecule has 4 rings (SSSR count). The summed E-state index contributed by atoms with van der Waals surface area (Å²) < 4.78 is 51.4. The van der Waals surface area contributed by atoms with Crippen molar-refractivity contribution in [1.29, 1.82) is 0 Å². The van der Waals surface area contributed by atoms with Gasteiger partial charge >= 0.3 is 6.43 Å². The van der Waals surface area contributed by atoms with Crippen molar-refractivity contribution >= 4 is 36.1 Å². The van der Waals surface area contributed by atoms with Crippen molar-refractivity contribution in [1.82, 2.24) is 19.9 Å². The minimum Gasteiger partial charge on any atom is -0.473 e. The molecule has 12 heteroatoms. The maximum absolute atomic E-state index is 14.5. The second-order valence-corrected chi connectivity index (χ2v) is 7.69. The number of morpholine rings is 1. The van der Waals surface area contributed by atoms with Gasteiger partial charge in [0.1, 0.15) is 18.5 Å². The van der Waals surface area contributed by atoms with Gasteiger partial charge in [0.2, 0.25) is 5.88 Å². The lowest BCUT2D eigenvalue weighted by molar-refractivity contribution is -0.151. The summed E-state index contributed by atoms with van der Waals surface area (Å²) in [6, 6.07) is 6.45. The quantitative estimate of drug-likeness (QED) is 0.520. The van der Waals surface area contributed by atoms with Crippen LogP contribution in [0.15, 0.2) is 36.7 Å². The molecule has 182 valence electrons. The second-order valence-electron chi connectivity index (χ2n) is 7.69. The SMILES string of the molecule is CN(C)c1ccc(-c2cc3nccnc3c(OC[C@@H]3CN(C(=O)C(F)F)CCO3)n2)cc1F.S. The molecule has 34 heavy (non-hydrogen) atoms. The van der Waals surface area contributed by atoms with E-state index in [0.717, 1.165) is 4.90 Å². The standard InChI is InChI=1S/C22H22F3N5O3.H2S/c1-29(2)18-4-3-13(9-15(18)23)16-10-17-19(27-6-5-26-17)21(28-16)33-12-14-11-30(7-8-32-14)22(31)20(24)25;/h3-6,9-10,14,20H,7-8,11-12H2,1-2H3;1H2/t14-;/m0./s1. The zero-order chi connectivity index (χ0) is 23.5. The summed E-state index contributed by atoms with van der Waals surface area (Å²) in [5.74, 6) is -1.49. The molecule has 0 spiro atoms. The molecular formula is C22H24F3N5O3S. The summed E-state index contributed by atoms with van der Waals surface area (Å²) in [6.45, 7) is 0.154. The van der Waals surface area contributed by atoms with E-state index < -0.39 is 24.3 Å². The molecule has 1 aliphatic heterocycles. The van der Waals surface area contributed by atoms with Gasteiger partial charge in [0.15, 0.2) is 5.52 Å². The average molecular weight is 496 g/mol. The Labute approximate surface area is 201 Å². The first-order valence-corrected chi connectivity index (χ1v) is 10.2. The van der Waals surface area contributed by atoms with Crippen molar-refractivity contribution < 1.29 is 27.4 Å². The fraction of sp³-hybridized carbons (Fsp3) is 0.364. The van der Waals surface area contributed by atoms with E-state index in [0.29, 0.717) is 28.0 Å². The number of carbonyl (C=O) groups excluding carboxylic acids is 1. The fourth-order valence-electron chi connectivity index (χ4n) is 3.55. The number of hydrogen-bond acceptors (Lipinski definition) is 7. The van der Waals surface area contributed by atoms with Gasteiger partial charge in [-0.05, 0) is 18.2 Å². The largest absolute Gasteiger partial charge is 0.473 e. The summed E-state index contributed by atoms with van der Waals surface area (Å²) >= 11 is 0. The molecule has 3 heterocycles. The van der Waals surface area contributed by atoms with E-state index >= 15 is 0 Å². The summed E-state index contributed by atoms with van der Waals surface area (Å²) in [4.78, 5) is 27.4. The topological polar surface area (TPSA) is 80.7 Å². The Morgan fingerprint density at radius 2 is 2.03 bits per heavy atom. The number of amides is 1. The lowest BCUT2D eigenvalue weighted by Crippen LogP contribution is -2.49. The summed E-state index contributed by atoms with van der Waals surface area (Å²) in [6.07, 6.45) is -0.677. The van der Waals surface area contributed by atoms with Crippen LogP contribution in [0.1, 0.15) is 0 Å². The Balaban J connectivity index is 0.00000324. The summed E-state index contributed by atoms with van der Waals surface area (Å²) in [5.41, 5.74) is 2.28. The molecule has 2 aromatic heterocycles. The van der Waals surface area contributed by atoms with Crippen LogP contribution in [0.4, 0.5) is 18.9 Å². The zero-order valence-corrected chi connectivity index (χ0v) is 19.5. The number of nitrogens with zero attached hydrogens (tertiary/aromatic N) is 5. The number of fused-ring (bicyclic) bond motifs is 1. The highest BCUT2D eigenvalue weighted by molar-refractivity contribution is 7.59. The van der Waals surface area contributed by atoms with Gasteiger partial charge < -0.3 is 19.3 Å². The first-order chi connectivity index (χ1) is 15.8. The van der Waals surface area contributed by atoms with Gasteiger partial charge in [-0.3, -0.25) is 9.78 Å². The molecule has 3 aromatic rings. The number of carbonyl (C=O) groups is 1. The minimum atomic E-state index is -3.07. The lowest BCUT2D eigenvalue weighted by atomic mass is 10.1. The van der Waals surface area contributed by atoms with E-state index in [-0.39, 0.29) is 45.7 Å². The third-order valence-electron chi connectivity index (χ3n) is 5.19. The highest BCUT2D eigenvalue weighted by atomic mass is 32.1. The van der Waals surface area contributed by atoms with Crippen LogP contribution >= 0.6 is 13.5 Å². The molecule has 0 unspecified atom stereocenters. The van der Waals surface area contributed by atoms with Gasteiger partial charge in [0.25, 0.3) is 5.91 Å². The molecule has 0 N–H and O–H groups in total. The van der Waals surface area contributed by atoms with E-state index in [4.69, 9.17) is 9.47 Å². The lowest BCUT2D eigenvalue weighted by Gasteiger charge is -2.32. The van der Waals surface area contributed by atoms with Gasteiger partial charge in [-0.25, -0.2) is 14.4 Å². The average Bonchev–Trinajstić information content (AvgIpc) is 2.81. The molecule has 0 aliphatic carbocycles. The highest BCUT2D eigenvalue weighted by Gasteiger charge is 2.29. The normalized spacial score (nSPS) is 15.8. The van der Waals surface area contributed by atoms with Crippen LogP contribution in [0.25, 0.3) is 22.3 Å². The van der Waals surface area contributed by atoms with Crippen LogP contribution in [0, 0.1) is 5.82 Å². The Bertz CT molecular complexity index is 1170. The molecule has 0 radical (unpaired) electrons. The number of ether oxygens (including phenoxy) is 2. The van der Waals surface area contributed by atoms with E-state index in [1.807, 2.05) is 0 Å². The monoisotopic (exact) mass is 495 g/mol. The van der Waals surface area contributed by atoms with Crippen LogP contribution < -0.4 is 9.64 Å². The minimum absolute atomic E-state index is 0. The molecule has 1 saturated heterocycles. The summed E-state index contributed by atoms with van der Waals surface area (Å²) in [5, 5.41) is 0. The predicted octanol–water partition coefficient (Wildman–Crippen LogP) is 2.88. The Kier molecular flexibility index (Phi) is 8.15. The summed E-state index contributed by atoms with van der Waals surface area (Å²) in [7, 11) is 3.49. The van der Waals surface area contributed by atoms with Crippen molar-refractivity contribution in [3.05, 3.63) is 42.5 Å². The van der Waals surface area contributed by atoms with Crippen molar-refractivity contribution in [2.24, 2.45) is 0 Å². The first-order valence-electron chi connectivity index (χ1n) is 10.2. The number of pyridine rings is 1. The molecule has 0 bridgehead atoms. The molecule has 1 atom stereocenters. The molecule has 1 aliphatic rings. The number of rotatable bonds is 6. The van der Waals surface area contributed by atoms with Gasteiger partial charge in [0.05, 0.1) is 30.0 Å². The van der Waals surface area contributed by atoms with Crippen molar-refractivity contribution in [2.75, 3.05) is 45.3 Å². The van der Waals surface area contributed by atoms with Crippen LogP contribution in [-0.2, 0) is 9.53 Å². The van der Waals surface area contributed by atoms with Crippen molar-refractivity contribution in [2.45, 2.75) is 12.5 Å². The van der Waals surface area contributed by atoms with E-state index in [9.17, 15) is 18.0 Å². The fourth-order valence-corrected chi connectivity index (χ4v) is 3.55. The predicted molar refractivity (Wildman–Crippen MR) is 125 cm³/mol. The van der Waals surface area contributed by atoms with E-state index in [1.54, 1.807) is 37.2 Å². The Hall–Kier alpha value is -3.12. The van der Waals surface area contributed by atoms with Crippen molar-refractivity contribution in [3.63, 3.8) is 0 Å². The van der Waals surface area contributed by atoms with Crippen LogP contribution in [0.5, 0.6) is 5.88 Å². The molecule has 0 saturated carbocycles. The third kappa shape index (κ3) is 5.50. The van der Waals surface area contributed by atoms with Crippen LogP contribution in [0.3, 0.4) is 0 Å². The third-order valence-corrected chi connectivity index (χ3v) is 5.19. The molecular weight excluding hydrogens is 471 g/mol. The van der Waals surface area contributed by atoms with Gasteiger partial charge in [0, 0.05) is 38.6 Å². The van der Waals surface area contributed by atoms with Gasteiger partial charge in [-0.15, -0.1) is 0 Å². The highest BCUT2D eigenvalue weighted by Crippen LogP contribution is 2.29. The number of alkyl halides is 2. The van der Waals surface area contributed by atoms with E-state index in [1.165, 1.54) is 18.5 Å². The first kappa shape index (κ1) is 25.5. The zero-order valence-electron chi connectivity index (χ0n) is 18.5.